The van der Waals surface area contributed by atoms with E-state index in [-0.39, 0.29) is 6.04 Å². The molecule has 6 heteroatoms. The van der Waals surface area contributed by atoms with Crippen LogP contribution in [-0.2, 0) is 15.9 Å². The molecule has 18 heavy (non-hydrogen) atoms. The predicted molar refractivity (Wildman–Crippen MR) is 70.8 cm³/mol. The third-order valence-electron chi connectivity index (χ3n) is 2.61. The number of methoxy groups -OCH3 is 1. The Morgan fingerprint density at radius 2 is 2.22 bits per heavy atom. The van der Waals surface area contributed by atoms with E-state index in [9.17, 15) is 0 Å². The van der Waals surface area contributed by atoms with Gasteiger partial charge in [-0.3, -0.25) is 11.3 Å². The zero-order valence-electron chi connectivity index (χ0n) is 10.8. The van der Waals surface area contributed by atoms with Crippen LogP contribution in [0.15, 0.2) is 18.3 Å². The first-order valence-corrected chi connectivity index (χ1v) is 5.99. The highest BCUT2D eigenvalue weighted by Gasteiger charge is 2.08. The molecular weight excluding hydrogens is 232 g/mol. The molecule has 0 bridgehead atoms. The summed E-state index contributed by atoms with van der Waals surface area (Å²) in [6, 6.07) is 3.96. The summed E-state index contributed by atoms with van der Waals surface area (Å²) in [7, 11) is 1.65. The summed E-state index contributed by atoms with van der Waals surface area (Å²) in [4.78, 5) is 3.96. The number of nitrogens with one attached hydrogen (secondary N) is 1. The van der Waals surface area contributed by atoms with Crippen LogP contribution in [0.3, 0.4) is 0 Å². The Balaban J connectivity index is 2.28. The van der Waals surface area contributed by atoms with Crippen molar-refractivity contribution in [2.45, 2.75) is 18.9 Å². The standard InChI is InChI=1S/C12H22N4O2/c1-17-6-7-18-5-3-11(16-14)8-10-2-4-15-12(13)9-10/h2,4,9,11,16H,3,5-8,14H2,1H3,(H2,13,15). The van der Waals surface area contributed by atoms with Crippen LogP contribution in [-0.4, -0.2) is 38.0 Å². The number of pyridine rings is 1. The molecule has 0 fully saturated rings. The number of nitrogens with zero attached hydrogens (tertiary/aromatic N) is 1. The summed E-state index contributed by atoms with van der Waals surface area (Å²) >= 11 is 0. The van der Waals surface area contributed by atoms with Gasteiger partial charge in [0.25, 0.3) is 0 Å². The van der Waals surface area contributed by atoms with Crippen molar-refractivity contribution in [1.82, 2.24) is 10.4 Å². The van der Waals surface area contributed by atoms with Gasteiger partial charge in [-0.2, -0.15) is 0 Å². The van der Waals surface area contributed by atoms with Crippen LogP contribution in [0.5, 0.6) is 0 Å². The fourth-order valence-corrected chi connectivity index (χ4v) is 1.62. The van der Waals surface area contributed by atoms with Crippen LogP contribution < -0.4 is 17.0 Å². The van der Waals surface area contributed by atoms with Gasteiger partial charge in [-0.15, -0.1) is 0 Å². The first-order chi connectivity index (χ1) is 8.76. The molecule has 1 rings (SSSR count). The van der Waals surface area contributed by atoms with Crippen molar-refractivity contribution < 1.29 is 9.47 Å². The van der Waals surface area contributed by atoms with Gasteiger partial charge in [0.05, 0.1) is 13.2 Å². The number of nitrogens with two attached hydrogens (primary N) is 2. The second-order valence-electron chi connectivity index (χ2n) is 4.05. The Kier molecular flexibility index (Phi) is 7.28. The summed E-state index contributed by atoms with van der Waals surface area (Å²) in [5.41, 5.74) is 9.53. The minimum absolute atomic E-state index is 0.161. The summed E-state index contributed by atoms with van der Waals surface area (Å²) in [6.07, 6.45) is 3.34. The topological polar surface area (TPSA) is 95.4 Å². The maximum absolute atomic E-state index is 5.63. The van der Waals surface area contributed by atoms with E-state index >= 15 is 0 Å². The number of rotatable bonds is 9. The predicted octanol–water partition coefficient (Wildman–Crippen LogP) is 0.0913. The number of hydrogen-bond donors (Lipinski definition) is 3. The van der Waals surface area contributed by atoms with Crippen LogP contribution >= 0.6 is 0 Å². The van der Waals surface area contributed by atoms with Crippen molar-refractivity contribution in [2.24, 2.45) is 5.84 Å². The Labute approximate surface area is 108 Å². The lowest BCUT2D eigenvalue weighted by Gasteiger charge is -2.16. The number of anilines is 1. The minimum Gasteiger partial charge on any atom is -0.384 e. The molecule has 0 radical (unpaired) electrons. The van der Waals surface area contributed by atoms with Crippen LogP contribution in [0.4, 0.5) is 5.82 Å². The molecule has 0 amide bonds. The van der Waals surface area contributed by atoms with E-state index in [0.29, 0.717) is 25.6 Å². The second kappa shape index (κ2) is 8.82. The van der Waals surface area contributed by atoms with E-state index in [2.05, 4.69) is 10.4 Å². The van der Waals surface area contributed by atoms with Gasteiger partial charge in [0.1, 0.15) is 5.82 Å². The molecule has 1 heterocycles. The molecule has 1 unspecified atom stereocenters. The van der Waals surface area contributed by atoms with Gasteiger partial charge in [0, 0.05) is 26.0 Å². The van der Waals surface area contributed by atoms with Crippen molar-refractivity contribution in [2.75, 3.05) is 32.7 Å². The zero-order valence-corrected chi connectivity index (χ0v) is 10.8. The zero-order chi connectivity index (χ0) is 13.2. The van der Waals surface area contributed by atoms with Crippen molar-refractivity contribution in [3.8, 4) is 0 Å². The molecule has 1 aromatic rings. The Bertz CT molecular complexity index is 336. The number of hydrogen-bond acceptors (Lipinski definition) is 6. The molecule has 0 aliphatic heterocycles. The maximum Gasteiger partial charge on any atom is 0.123 e. The number of ether oxygens (including phenoxy) is 2. The van der Waals surface area contributed by atoms with Crippen LogP contribution in [0, 0.1) is 0 Å². The van der Waals surface area contributed by atoms with Gasteiger partial charge < -0.3 is 15.2 Å². The molecule has 1 aromatic heterocycles. The van der Waals surface area contributed by atoms with E-state index in [1.807, 2.05) is 12.1 Å². The van der Waals surface area contributed by atoms with Gasteiger partial charge in [0.2, 0.25) is 0 Å². The fraction of sp³-hybridized carbons (Fsp3) is 0.583. The lowest BCUT2D eigenvalue weighted by atomic mass is 10.1. The molecule has 102 valence electrons. The van der Waals surface area contributed by atoms with E-state index in [1.165, 1.54) is 0 Å². The van der Waals surface area contributed by atoms with Crippen molar-refractivity contribution in [1.29, 1.82) is 0 Å². The van der Waals surface area contributed by atoms with Gasteiger partial charge in [-0.25, -0.2) is 4.98 Å². The van der Waals surface area contributed by atoms with Crippen LogP contribution in [0.1, 0.15) is 12.0 Å². The monoisotopic (exact) mass is 254 g/mol. The third-order valence-corrected chi connectivity index (χ3v) is 2.61. The summed E-state index contributed by atoms with van der Waals surface area (Å²) < 4.78 is 10.3. The van der Waals surface area contributed by atoms with Crippen molar-refractivity contribution in [3.05, 3.63) is 23.9 Å². The summed E-state index contributed by atoms with van der Waals surface area (Å²) in [6.45, 7) is 1.87. The Hall–Kier alpha value is -1.21. The minimum atomic E-state index is 0.161. The molecule has 0 aromatic carbocycles. The SMILES string of the molecule is COCCOCCC(Cc1ccnc(N)c1)NN. The molecule has 6 nitrogen and oxygen atoms in total. The smallest absolute Gasteiger partial charge is 0.123 e. The second-order valence-corrected chi connectivity index (χ2v) is 4.05. The molecule has 0 saturated carbocycles. The van der Waals surface area contributed by atoms with Gasteiger partial charge in [0.15, 0.2) is 0 Å². The lowest BCUT2D eigenvalue weighted by Crippen LogP contribution is -2.37. The summed E-state index contributed by atoms with van der Waals surface area (Å²) in [5, 5.41) is 0. The summed E-state index contributed by atoms with van der Waals surface area (Å²) in [5.74, 6) is 6.05. The fourth-order valence-electron chi connectivity index (χ4n) is 1.62. The largest absolute Gasteiger partial charge is 0.384 e. The highest BCUT2D eigenvalue weighted by Crippen LogP contribution is 2.08. The molecule has 0 saturated heterocycles. The van der Waals surface area contributed by atoms with Crippen molar-refractivity contribution in [3.63, 3.8) is 0 Å². The highest BCUT2D eigenvalue weighted by atomic mass is 16.5. The van der Waals surface area contributed by atoms with E-state index < -0.39 is 0 Å². The number of aromatic nitrogens is 1. The van der Waals surface area contributed by atoms with Crippen molar-refractivity contribution >= 4 is 5.82 Å². The Morgan fingerprint density at radius 3 is 2.89 bits per heavy atom. The molecular formula is C12H22N4O2. The quantitative estimate of drug-likeness (QED) is 0.328. The third kappa shape index (κ3) is 5.92. The molecule has 0 aliphatic carbocycles. The van der Waals surface area contributed by atoms with Gasteiger partial charge in [-0.1, -0.05) is 0 Å². The first-order valence-electron chi connectivity index (χ1n) is 5.99. The molecule has 1 atom stereocenters. The lowest BCUT2D eigenvalue weighted by molar-refractivity contribution is 0.0658. The molecule has 0 aliphatic rings. The van der Waals surface area contributed by atoms with Crippen LogP contribution in [0.2, 0.25) is 0 Å². The highest BCUT2D eigenvalue weighted by molar-refractivity contribution is 5.32. The van der Waals surface area contributed by atoms with E-state index in [0.717, 1.165) is 18.4 Å². The first kappa shape index (κ1) is 14.8. The normalized spacial score (nSPS) is 12.6. The maximum atomic E-state index is 5.63. The van der Waals surface area contributed by atoms with Gasteiger partial charge in [-0.05, 0) is 30.5 Å². The van der Waals surface area contributed by atoms with Crippen LogP contribution in [0.25, 0.3) is 0 Å². The molecule has 5 N–H and O–H groups in total. The Morgan fingerprint density at radius 1 is 1.39 bits per heavy atom. The van der Waals surface area contributed by atoms with E-state index in [1.54, 1.807) is 13.3 Å². The molecule has 0 spiro atoms. The average Bonchev–Trinajstić information content (AvgIpc) is 2.37. The van der Waals surface area contributed by atoms with E-state index in [4.69, 9.17) is 21.1 Å². The number of nitrogen functional groups attached to an aromatic ring is 1. The number of hydrazine groups is 1. The average molecular weight is 254 g/mol. The van der Waals surface area contributed by atoms with Gasteiger partial charge >= 0.3 is 0 Å².